The number of morpholine rings is 1. The van der Waals surface area contributed by atoms with Crippen LogP contribution in [0.2, 0.25) is 0 Å². The lowest BCUT2D eigenvalue weighted by Crippen LogP contribution is -2.49. The van der Waals surface area contributed by atoms with Crippen molar-refractivity contribution in [1.29, 1.82) is 0 Å². The molecule has 2 rings (SSSR count). The van der Waals surface area contributed by atoms with E-state index in [1.54, 1.807) is 0 Å². The summed E-state index contributed by atoms with van der Waals surface area (Å²) < 4.78 is 5.44. The number of rotatable bonds is 3. The highest BCUT2D eigenvalue weighted by molar-refractivity contribution is 4.88. The fourth-order valence-corrected chi connectivity index (χ4v) is 2.92. The molecule has 1 atom stereocenters. The van der Waals surface area contributed by atoms with Crippen molar-refractivity contribution >= 4 is 0 Å². The van der Waals surface area contributed by atoms with Gasteiger partial charge in [-0.3, -0.25) is 4.90 Å². The van der Waals surface area contributed by atoms with Crippen molar-refractivity contribution in [2.45, 2.75) is 38.6 Å². The standard InChI is InChI=1S/C12H23NO2/c1-11-8-15-7-6-13(11)9-12(10-14)4-2-3-5-12/h11,14H,2-10H2,1H3. The van der Waals surface area contributed by atoms with E-state index in [0.717, 1.165) is 26.3 Å². The fraction of sp³-hybridized carbons (Fsp3) is 1.00. The Hall–Kier alpha value is -0.120. The topological polar surface area (TPSA) is 32.7 Å². The molecule has 0 spiro atoms. The summed E-state index contributed by atoms with van der Waals surface area (Å²) >= 11 is 0. The molecule has 88 valence electrons. The minimum absolute atomic E-state index is 0.200. The minimum atomic E-state index is 0.200. The Labute approximate surface area is 92.4 Å². The van der Waals surface area contributed by atoms with Gasteiger partial charge in [0, 0.05) is 31.2 Å². The normalized spacial score (nSPS) is 32.0. The summed E-state index contributed by atoms with van der Waals surface area (Å²) in [5.41, 5.74) is 0.200. The molecule has 0 aromatic heterocycles. The summed E-state index contributed by atoms with van der Waals surface area (Å²) in [7, 11) is 0. The smallest absolute Gasteiger partial charge is 0.0619 e. The first-order valence-electron chi connectivity index (χ1n) is 6.18. The Balaban J connectivity index is 1.93. The lowest BCUT2D eigenvalue weighted by Gasteiger charge is -2.39. The Morgan fingerprint density at radius 3 is 2.73 bits per heavy atom. The zero-order chi connectivity index (χ0) is 10.7. The van der Waals surface area contributed by atoms with Gasteiger partial charge in [-0.1, -0.05) is 12.8 Å². The molecule has 0 bridgehead atoms. The van der Waals surface area contributed by atoms with Gasteiger partial charge < -0.3 is 9.84 Å². The predicted molar refractivity (Wildman–Crippen MR) is 59.8 cm³/mol. The largest absolute Gasteiger partial charge is 0.396 e. The van der Waals surface area contributed by atoms with E-state index >= 15 is 0 Å². The first-order chi connectivity index (χ1) is 7.26. The van der Waals surface area contributed by atoms with Gasteiger partial charge in [-0.05, 0) is 19.8 Å². The Kier molecular flexibility index (Phi) is 3.65. The minimum Gasteiger partial charge on any atom is -0.396 e. The zero-order valence-corrected chi connectivity index (χ0v) is 9.74. The van der Waals surface area contributed by atoms with Crippen molar-refractivity contribution in [3.05, 3.63) is 0 Å². The van der Waals surface area contributed by atoms with Crippen molar-refractivity contribution in [2.75, 3.05) is 32.9 Å². The molecule has 15 heavy (non-hydrogen) atoms. The first-order valence-corrected chi connectivity index (χ1v) is 6.18. The number of aliphatic hydroxyl groups excluding tert-OH is 1. The monoisotopic (exact) mass is 213 g/mol. The average Bonchev–Trinajstić information content (AvgIpc) is 2.71. The van der Waals surface area contributed by atoms with Gasteiger partial charge in [-0.25, -0.2) is 0 Å². The molecule has 2 fully saturated rings. The summed E-state index contributed by atoms with van der Waals surface area (Å²) in [5, 5.41) is 9.58. The van der Waals surface area contributed by atoms with E-state index in [4.69, 9.17) is 4.74 Å². The summed E-state index contributed by atoms with van der Waals surface area (Å²) in [6.45, 7) is 6.38. The van der Waals surface area contributed by atoms with Crippen LogP contribution in [0.4, 0.5) is 0 Å². The molecule has 1 aliphatic heterocycles. The van der Waals surface area contributed by atoms with Crippen molar-refractivity contribution in [2.24, 2.45) is 5.41 Å². The van der Waals surface area contributed by atoms with E-state index in [2.05, 4.69) is 11.8 Å². The number of hydrogen-bond acceptors (Lipinski definition) is 3. The molecule has 1 saturated heterocycles. The van der Waals surface area contributed by atoms with E-state index < -0.39 is 0 Å². The number of nitrogens with zero attached hydrogens (tertiary/aromatic N) is 1. The van der Waals surface area contributed by atoms with Crippen LogP contribution in [0.5, 0.6) is 0 Å². The van der Waals surface area contributed by atoms with Gasteiger partial charge in [0.15, 0.2) is 0 Å². The number of aliphatic hydroxyl groups is 1. The molecule has 3 heteroatoms. The first kappa shape index (κ1) is 11.4. The van der Waals surface area contributed by atoms with E-state index in [0.29, 0.717) is 12.6 Å². The second-order valence-electron chi connectivity index (χ2n) is 5.26. The fourth-order valence-electron chi connectivity index (χ4n) is 2.92. The maximum absolute atomic E-state index is 9.58. The molecule has 1 saturated carbocycles. The van der Waals surface area contributed by atoms with Crippen LogP contribution >= 0.6 is 0 Å². The highest BCUT2D eigenvalue weighted by Gasteiger charge is 2.36. The molecule has 1 N–H and O–H groups in total. The van der Waals surface area contributed by atoms with Crippen LogP contribution in [0.3, 0.4) is 0 Å². The van der Waals surface area contributed by atoms with Gasteiger partial charge in [0.2, 0.25) is 0 Å². The van der Waals surface area contributed by atoms with Crippen LogP contribution in [0, 0.1) is 5.41 Å². The van der Waals surface area contributed by atoms with Gasteiger partial charge in [-0.15, -0.1) is 0 Å². The highest BCUT2D eigenvalue weighted by atomic mass is 16.5. The molecule has 0 amide bonds. The van der Waals surface area contributed by atoms with E-state index in [1.165, 1.54) is 25.7 Å². The Morgan fingerprint density at radius 1 is 1.40 bits per heavy atom. The second kappa shape index (κ2) is 4.81. The maximum atomic E-state index is 9.58. The van der Waals surface area contributed by atoms with Crippen molar-refractivity contribution in [3.63, 3.8) is 0 Å². The van der Waals surface area contributed by atoms with E-state index in [1.807, 2.05) is 0 Å². The SMILES string of the molecule is CC1COCCN1CC1(CO)CCCC1. The molecular formula is C12H23NO2. The second-order valence-corrected chi connectivity index (χ2v) is 5.26. The Morgan fingerprint density at radius 2 is 2.13 bits per heavy atom. The number of hydrogen-bond donors (Lipinski definition) is 1. The predicted octanol–water partition coefficient (Wildman–Crippen LogP) is 1.26. The molecule has 3 nitrogen and oxygen atoms in total. The molecule has 0 radical (unpaired) electrons. The summed E-state index contributed by atoms with van der Waals surface area (Å²) in [4.78, 5) is 2.49. The third kappa shape index (κ3) is 2.52. The highest BCUT2D eigenvalue weighted by Crippen LogP contribution is 2.38. The lowest BCUT2D eigenvalue weighted by atomic mass is 9.86. The zero-order valence-electron chi connectivity index (χ0n) is 9.74. The van der Waals surface area contributed by atoms with Crippen LogP contribution in [0.1, 0.15) is 32.6 Å². The van der Waals surface area contributed by atoms with Crippen LogP contribution in [0.15, 0.2) is 0 Å². The van der Waals surface area contributed by atoms with Gasteiger partial charge in [0.05, 0.1) is 13.2 Å². The molecule has 0 aromatic rings. The van der Waals surface area contributed by atoms with Crippen molar-refractivity contribution < 1.29 is 9.84 Å². The summed E-state index contributed by atoms with van der Waals surface area (Å²) in [6.07, 6.45) is 4.99. The molecular weight excluding hydrogens is 190 g/mol. The maximum Gasteiger partial charge on any atom is 0.0619 e. The third-order valence-corrected chi connectivity index (χ3v) is 4.04. The van der Waals surface area contributed by atoms with Crippen molar-refractivity contribution in [3.8, 4) is 0 Å². The van der Waals surface area contributed by atoms with Crippen LogP contribution < -0.4 is 0 Å². The van der Waals surface area contributed by atoms with Crippen LogP contribution in [-0.2, 0) is 4.74 Å². The summed E-state index contributed by atoms with van der Waals surface area (Å²) in [6, 6.07) is 0.516. The van der Waals surface area contributed by atoms with Gasteiger partial charge in [0.25, 0.3) is 0 Å². The average molecular weight is 213 g/mol. The number of ether oxygens (including phenoxy) is 1. The van der Waals surface area contributed by atoms with Crippen LogP contribution in [0.25, 0.3) is 0 Å². The van der Waals surface area contributed by atoms with Gasteiger partial charge in [-0.2, -0.15) is 0 Å². The van der Waals surface area contributed by atoms with E-state index in [9.17, 15) is 5.11 Å². The van der Waals surface area contributed by atoms with Gasteiger partial charge >= 0.3 is 0 Å². The molecule has 0 aromatic carbocycles. The quantitative estimate of drug-likeness (QED) is 0.766. The molecule has 1 unspecified atom stereocenters. The molecule has 2 aliphatic rings. The van der Waals surface area contributed by atoms with Gasteiger partial charge in [0.1, 0.15) is 0 Å². The van der Waals surface area contributed by atoms with E-state index in [-0.39, 0.29) is 5.41 Å². The summed E-state index contributed by atoms with van der Waals surface area (Å²) in [5.74, 6) is 0. The third-order valence-electron chi connectivity index (χ3n) is 4.04. The van der Waals surface area contributed by atoms with Crippen LogP contribution in [-0.4, -0.2) is 49.0 Å². The molecule has 1 heterocycles. The van der Waals surface area contributed by atoms with Crippen molar-refractivity contribution in [1.82, 2.24) is 4.90 Å². The molecule has 1 aliphatic carbocycles. The lowest BCUT2D eigenvalue weighted by molar-refractivity contribution is -0.0294. The Bertz CT molecular complexity index is 202.